The summed E-state index contributed by atoms with van der Waals surface area (Å²) in [6, 6.07) is 4.45. The number of aromatic nitrogens is 1. The van der Waals surface area contributed by atoms with Gasteiger partial charge in [0.2, 0.25) is 5.56 Å². The van der Waals surface area contributed by atoms with E-state index in [4.69, 9.17) is 4.74 Å². The van der Waals surface area contributed by atoms with E-state index in [0.717, 1.165) is 12.8 Å². The molecule has 0 spiro atoms. The van der Waals surface area contributed by atoms with Gasteiger partial charge in [-0.25, -0.2) is 0 Å². The second-order valence-corrected chi connectivity index (χ2v) is 4.54. The summed E-state index contributed by atoms with van der Waals surface area (Å²) in [6.07, 6.45) is 1.48. The number of likely N-dealkylation sites (tertiary alicyclic amines) is 1. The van der Waals surface area contributed by atoms with E-state index in [1.54, 1.807) is 11.0 Å². The van der Waals surface area contributed by atoms with Crippen molar-refractivity contribution < 1.29 is 14.3 Å². The van der Waals surface area contributed by atoms with Crippen LogP contribution in [0.4, 0.5) is 0 Å². The molecule has 102 valence electrons. The fourth-order valence-electron chi connectivity index (χ4n) is 2.26. The Hall–Kier alpha value is -2.11. The molecule has 1 saturated heterocycles. The number of nitrogens with one attached hydrogen (secondary N) is 1. The van der Waals surface area contributed by atoms with E-state index in [2.05, 4.69) is 4.98 Å². The predicted molar refractivity (Wildman–Crippen MR) is 67.7 cm³/mol. The van der Waals surface area contributed by atoms with Crippen molar-refractivity contribution in [3.05, 3.63) is 34.2 Å². The van der Waals surface area contributed by atoms with Gasteiger partial charge in [0.05, 0.1) is 13.0 Å². The maximum absolute atomic E-state index is 12.2. The molecule has 1 aromatic rings. The van der Waals surface area contributed by atoms with Crippen LogP contribution in [0.5, 0.6) is 0 Å². The lowest BCUT2D eigenvalue weighted by Gasteiger charge is -2.31. The summed E-state index contributed by atoms with van der Waals surface area (Å²) in [5.41, 5.74) is -0.0645. The maximum atomic E-state index is 12.2. The molecular formula is C13H16N2O4. The van der Waals surface area contributed by atoms with Crippen LogP contribution in [0, 0.1) is 5.92 Å². The summed E-state index contributed by atoms with van der Waals surface area (Å²) in [6.45, 7) is 0.922. The predicted octanol–water partition coefficient (Wildman–Crippen LogP) is 0.400. The number of piperidine rings is 1. The van der Waals surface area contributed by atoms with Crippen molar-refractivity contribution in [3.8, 4) is 0 Å². The van der Waals surface area contributed by atoms with Gasteiger partial charge in [-0.3, -0.25) is 14.4 Å². The van der Waals surface area contributed by atoms with Gasteiger partial charge >= 0.3 is 5.97 Å². The topological polar surface area (TPSA) is 79.5 Å². The molecule has 0 unspecified atom stereocenters. The lowest BCUT2D eigenvalue weighted by atomic mass is 9.98. The van der Waals surface area contributed by atoms with Crippen LogP contribution in [0.2, 0.25) is 0 Å². The second-order valence-electron chi connectivity index (χ2n) is 4.54. The molecule has 19 heavy (non-hydrogen) atoms. The zero-order valence-electron chi connectivity index (χ0n) is 10.7. The molecule has 0 aromatic carbocycles. The Bertz CT molecular complexity index is 537. The summed E-state index contributed by atoms with van der Waals surface area (Å²) in [4.78, 5) is 39.0. The summed E-state index contributed by atoms with van der Waals surface area (Å²) in [5.74, 6) is -0.830. The second kappa shape index (κ2) is 5.69. The van der Waals surface area contributed by atoms with Crippen LogP contribution < -0.4 is 5.56 Å². The van der Waals surface area contributed by atoms with E-state index >= 15 is 0 Å². The number of esters is 1. The van der Waals surface area contributed by atoms with Crippen LogP contribution in [-0.4, -0.2) is 42.0 Å². The van der Waals surface area contributed by atoms with Gasteiger partial charge in [-0.15, -0.1) is 0 Å². The standard InChI is InChI=1S/C13H16N2O4/c1-19-13(18)9-4-3-7-15(8-9)12(17)10-5-2-6-11(16)14-10/h2,5-6,9H,3-4,7-8H2,1H3,(H,14,16)/t9-/m0/s1. The van der Waals surface area contributed by atoms with Crippen molar-refractivity contribution in [2.75, 3.05) is 20.2 Å². The fourth-order valence-corrected chi connectivity index (χ4v) is 2.26. The number of pyridine rings is 1. The number of H-pyrrole nitrogens is 1. The van der Waals surface area contributed by atoms with E-state index < -0.39 is 0 Å². The maximum Gasteiger partial charge on any atom is 0.310 e. The van der Waals surface area contributed by atoms with Crippen molar-refractivity contribution in [2.24, 2.45) is 5.92 Å². The molecule has 1 aliphatic heterocycles. The van der Waals surface area contributed by atoms with Crippen molar-refractivity contribution >= 4 is 11.9 Å². The first-order valence-corrected chi connectivity index (χ1v) is 6.18. The fraction of sp³-hybridized carbons (Fsp3) is 0.462. The van der Waals surface area contributed by atoms with Crippen molar-refractivity contribution in [1.82, 2.24) is 9.88 Å². The minimum Gasteiger partial charge on any atom is -0.469 e. The number of methoxy groups -OCH3 is 1. The highest BCUT2D eigenvalue weighted by molar-refractivity contribution is 5.92. The summed E-state index contributed by atoms with van der Waals surface area (Å²) < 4.78 is 4.71. The van der Waals surface area contributed by atoms with Crippen LogP contribution in [0.3, 0.4) is 0 Å². The Morgan fingerprint density at radius 1 is 1.42 bits per heavy atom. The molecule has 0 saturated carbocycles. The van der Waals surface area contributed by atoms with Gasteiger partial charge in [0.1, 0.15) is 5.69 Å². The van der Waals surface area contributed by atoms with Crippen molar-refractivity contribution in [1.29, 1.82) is 0 Å². The molecule has 1 N–H and O–H groups in total. The number of ether oxygens (including phenoxy) is 1. The quantitative estimate of drug-likeness (QED) is 0.784. The highest BCUT2D eigenvalue weighted by Gasteiger charge is 2.29. The van der Waals surface area contributed by atoms with Crippen molar-refractivity contribution in [2.45, 2.75) is 12.8 Å². The number of carbonyl (C=O) groups is 2. The normalized spacial score (nSPS) is 19.0. The molecule has 6 heteroatoms. The molecule has 2 heterocycles. The average molecular weight is 264 g/mol. The lowest BCUT2D eigenvalue weighted by molar-refractivity contribution is -0.146. The molecule has 1 amide bonds. The summed E-state index contributed by atoms with van der Waals surface area (Å²) >= 11 is 0. The number of hydrogen-bond acceptors (Lipinski definition) is 4. The van der Waals surface area contributed by atoms with Crippen LogP contribution in [0.25, 0.3) is 0 Å². The summed E-state index contributed by atoms with van der Waals surface area (Å²) in [5, 5.41) is 0. The van der Waals surface area contributed by atoms with E-state index in [1.807, 2.05) is 0 Å². The SMILES string of the molecule is COC(=O)[C@H]1CCCN(C(=O)c2cccc(=O)[nH]2)C1. The van der Waals surface area contributed by atoms with Gasteiger partial charge in [0.25, 0.3) is 5.91 Å². The van der Waals surface area contributed by atoms with Crippen LogP contribution in [0.1, 0.15) is 23.3 Å². The molecule has 2 rings (SSSR count). The van der Waals surface area contributed by atoms with E-state index in [0.29, 0.717) is 13.1 Å². The first-order valence-electron chi connectivity index (χ1n) is 6.18. The molecule has 1 aliphatic rings. The number of amides is 1. The van der Waals surface area contributed by atoms with Crippen LogP contribution >= 0.6 is 0 Å². The number of aromatic amines is 1. The van der Waals surface area contributed by atoms with Crippen LogP contribution in [0.15, 0.2) is 23.0 Å². The monoisotopic (exact) mass is 264 g/mol. The molecule has 0 bridgehead atoms. The minimum absolute atomic E-state index is 0.248. The number of rotatable bonds is 2. The Morgan fingerprint density at radius 2 is 2.21 bits per heavy atom. The average Bonchev–Trinajstić information content (AvgIpc) is 2.45. The third-order valence-electron chi connectivity index (χ3n) is 3.24. The largest absolute Gasteiger partial charge is 0.469 e. The highest BCUT2D eigenvalue weighted by atomic mass is 16.5. The Kier molecular flexibility index (Phi) is 3.99. The first kappa shape index (κ1) is 13.3. The van der Waals surface area contributed by atoms with E-state index in [9.17, 15) is 14.4 Å². The van der Waals surface area contributed by atoms with Gasteiger partial charge in [-0.1, -0.05) is 6.07 Å². The van der Waals surface area contributed by atoms with Gasteiger partial charge in [-0.2, -0.15) is 0 Å². The Labute approximate surface area is 110 Å². The van der Waals surface area contributed by atoms with E-state index in [1.165, 1.54) is 19.2 Å². The lowest BCUT2D eigenvalue weighted by Crippen LogP contribution is -2.43. The third kappa shape index (κ3) is 3.01. The first-order chi connectivity index (χ1) is 9.11. The molecule has 1 aromatic heterocycles. The van der Waals surface area contributed by atoms with Gasteiger partial charge in [0.15, 0.2) is 0 Å². The third-order valence-corrected chi connectivity index (χ3v) is 3.24. The molecular weight excluding hydrogens is 248 g/mol. The van der Waals surface area contributed by atoms with E-state index in [-0.39, 0.29) is 29.0 Å². The smallest absolute Gasteiger partial charge is 0.310 e. The van der Waals surface area contributed by atoms with Crippen molar-refractivity contribution in [3.63, 3.8) is 0 Å². The van der Waals surface area contributed by atoms with Gasteiger partial charge in [-0.05, 0) is 18.9 Å². The number of hydrogen-bond donors (Lipinski definition) is 1. The molecule has 1 atom stereocenters. The zero-order chi connectivity index (χ0) is 13.8. The number of carbonyl (C=O) groups excluding carboxylic acids is 2. The summed E-state index contributed by atoms with van der Waals surface area (Å²) in [7, 11) is 1.35. The zero-order valence-corrected chi connectivity index (χ0v) is 10.7. The Balaban J connectivity index is 2.11. The van der Waals surface area contributed by atoms with Gasteiger partial charge in [0, 0.05) is 19.2 Å². The van der Waals surface area contributed by atoms with Crippen LogP contribution in [-0.2, 0) is 9.53 Å². The molecule has 1 fully saturated rings. The minimum atomic E-state index is -0.313. The number of nitrogens with zero attached hydrogens (tertiary/aromatic N) is 1. The molecule has 0 radical (unpaired) electrons. The Morgan fingerprint density at radius 3 is 2.89 bits per heavy atom. The molecule has 6 nitrogen and oxygen atoms in total. The highest BCUT2D eigenvalue weighted by Crippen LogP contribution is 2.18. The molecule has 0 aliphatic carbocycles. The van der Waals surface area contributed by atoms with Gasteiger partial charge < -0.3 is 14.6 Å².